The van der Waals surface area contributed by atoms with Crippen LogP contribution >= 0.6 is 0 Å². The van der Waals surface area contributed by atoms with E-state index in [0.717, 1.165) is 0 Å². The molecule has 0 aromatic carbocycles. The molecular formula is C24H53NO4S. The molecule has 5 nitrogen and oxygen atoms in total. The summed E-state index contributed by atoms with van der Waals surface area (Å²) in [5.41, 5.74) is 0. The van der Waals surface area contributed by atoms with Gasteiger partial charge in [-0.25, -0.2) is 0 Å². The molecule has 0 atom stereocenters. The fraction of sp³-hybridized carbons (Fsp3) is 1.00. The Labute approximate surface area is 189 Å². The van der Waals surface area contributed by atoms with Crippen LogP contribution < -0.4 is 0 Å². The van der Waals surface area contributed by atoms with Gasteiger partial charge in [0, 0.05) is 0 Å². The Morgan fingerprint density at radius 2 is 0.667 bits per heavy atom. The molecule has 0 aliphatic rings. The van der Waals surface area contributed by atoms with Gasteiger partial charge in [-0.05, 0) is 38.9 Å². The van der Waals surface area contributed by atoms with Gasteiger partial charge in [0.1, 0.15) is 0 Å². The van der Waals surface area contributed by atoms with Crippen LogP contribution in [-0.4, -0.2) is 42.1 Å². The van der Waals surface area contributed by atoms with Crippen LogP contribution in [0, 0.1) is 0 Å². The van der Waals surface area contributed by atoms with Crippen LogP contribution in [0.4, 0.5) is 0 Å². The molecule has 6 heteroatoms. The van der Waals surface area contributed by atoms with Crippen molar-refractivity contribution in [2.45, 2.75) is 136 Å². The maximum absolute atomic E-state index is 8.74. The zero-order chi connectivity index (χ0) is 22.9. The maximum Gasteiger partial charge on any atom is 0.394 e. The summed E-state index contributed by atoms with van der Waals surface area (Å²) < 4.78 is 31.6. The summed E-state index contributed by atoms with van der Waals surface area (Å²) in [7, 11) is -4.67. The summed E-state index contributed by atoms with van der Waals surface area (Å²) in [5.74, 6) is 0. The first kappa shape index (κ1) is 32.0. The van der Waals surface area contributed by atoms with Crippen LogP contribution in [-0.2, 0) is 10.4 Å². The summed E-state index contributed by atoms with van der Waals surface area (Å²) in [6.07, 6.45) is 25.7. The minimum absolute atomic E-state index is 1.36. The fourth-order valence-corrected chi connectivity index (χ4v) is 3.68. The number of hydrogen-bond donors (Lipinski definition) is 2. The van der Waals surface area contributed by atoms with E-state index >= 15 is 0 Å². The Kier molecular flexibility index (Phi) is 26.8. The molecule has 0 rings (SSSR count). The van der Waals surface area contributed by atoms with Crippen molar-refractivity contribution in [1.29, 1.82) is 0 Å². The quantitative estimate of drug-likeness (QED) is 0.138. The largest absolute Gasteiger partial charge is 0.394 e. The van der Waals surface area contributed by atoms with Crippen molar-refractivity contribution >= 4 is 10.4 Å². The molecular weight excluding hydrogens is 398 g/mol. The summed E-state index contributed by atoms with van der Waals surface area (Å²) in [6, 6.07) is 0. The predicted octanol–water partition coefficient (Wildman–Crippen LogP) is 7.72. The van der Waals surface area contributed by atoms with E-state index in [4.69, 9.17) is 17.5 Å². The molecule has 0 amide bonds. The highest BCUT2D eigenvalue weighted by atomic mass is 32.3. The molecule has 0 bridgehead atoms. The highest BCUT2D eigenvalue weighted by Gasteiger charge is 2.05. The van der Waals surface area contributed by atoms with Crippen LogP contribution in [0.15, 0.2) is 0 Å². The molecule has 0 heterocycles. The minimum atomic E-state index is -4.67. The molecule has 0 radical (unpaired) electrons. The van der Waals surface area contributed by atoms with E-state index in [-0.39, 0.29) is 0 Å². The van der Waals surface area contributed by atoms with Crippen molar-refractivity contribution in [2.75, 3.05) is 19.6 Å². The second kappa shape index (κ2) is 25.1. The first-order valence-corrected chi connectivity index (χ1v) is 14.2. The molecule has 0 aromatic heterocycles. The van der Waals surface area contributed by atoms with E-state index in [1.165, 1.54) is 135 Å². The zero-order valence-corrected chi connectivity index (χ0v) is 21.2. The molecule has 0 spiro atoms. The summed E-state index contributed by atoms with van der Waals surface area (Å²) in [6.45, 7) is 11.0. The Bertz CT molecular complexity index is 369. The topological polar surface area (TPSA) is 77.8 Å². The monoisotopic (exact) mass is 451 g/mol. The van der Waals surface area contributed by atoms with Crippen LogP contribution in [0.3, 0.4) is 0 Å². The highest BCUT2D eigenvalue weighted by Crippen LogP contribution is 2.11. The first-order chi connectivity index (χ1) is 14.3. The second-order valence-corrected chi connectivity index (χ2v) is 9.49. The van der Waals surface area contributed by atoms with Gasteiger partial charge in [0.15, 0.2) is 0 Å². The first-order valence-electron chi connectivity index (χ1n) is 12.8. The van der Waals surface area contributed by atoms with Crippen molar-refractivity contribution in [3.8, 4) is 0 Å². The van der Waals surface area contributed by atoms with E-state index < -0.39 is 10.4 Å². The lowest BCUT2D eigenvalue weighted by atomic mass is 10.1. The molecule has 0 aliphatic heterocycles. The molecule has 30 heavy (non-hydrogen) atoms. The van der Waals surface area contributed by atoms with Gasteiger partial charge < -0.3 is 4.90 Å². The molecule has 0 saturated carbocycles. The van der Waals surface area contributed by atoms with E-state index in [9.17, 15) is 0 Å². The van der Waals surface area contributed by atoms with Gasteiger partial charge in [0.25, 0.3) is 0 Å². The summed E-state index contributed by atoms with van der Waals surface area (Å²) in [5, 5.41) is 0. The lowest BCUT2D eigenvalue weighted by Crippen LogP contribution is -2.27. The fourth-order valence-electron chi connectivity index (χ4n) is 3.68. The molecule has 0 saturated heterocycles. The molecule has 0 aromatic rings. The minimum Gasteiger partial charge on any atom is -0.303 e. The molecule has 0 fully saturated rings. The predicted molar refractivity (Wildman–Crippen MR) is 131 cm³/mol. The van der Waals surface area contributed by atoms with Gasteiger partial charge >= 0.3 is 10.4 Å². The average molecular weight is 452 g/mol. The Balaban J connectivity index is 0. The third-order valence-corrected chi connectivity index (χ3v) is 5.48. The van der Waals surface area contributed by atoms with Gasteiger partial charge in [0.2, 0.25) is 0 Å². The van der Waals surface area contributed by atoms with Gasteiger partial charge in [-0.1, -0.05) is 117 Å². The normalized spacial score (nSPS) is 11.5. The van der Waals surface area contributed by atoms with E-state index in [0.29, 0.717) is 0 Å². The van der Waals surface area contributed by atoms with E-state index in [1.807, 2.05) is 0 Å². The molecule has 2 N–H and O–H groups in total. The van der Waals surface area contributed by atoms with E-state index in [2.05, 4.69) is 25.7 Å². The third-order valence-electron chi connectivity index (χ3n) is 5.48. The Morgan fingerprint density at radius 3 is 0.900 bits per heavy atom. The SMILES string of the molecule is CCCCCCCCN(CCCCCCCC)CCCCCCCC.O=S(=O)(O)O. The van der Waals surface area contributed by atoms with Crippen LogP contribution in [0.25, 0.3) is 0 Å². The van der Waals surface area contributed by atoms with Crippen molar-refractivity contribution in [3.63, 3.8) is 0 Å². The van der Waals surface area contributed by atoms with Gasteiger partial charge in [0.05, 0.1) is 0 Å². The van der Waals surface area contributed by atoms with Crippen LogP contribution in [0.2, 0.25) is 0 Å². The summed E-state index contributed by atoms with van der Waals surface area (Å²) >= 11 is 0. The van der Waals surface area contributed by atoms with Crippen molar-refractivity contribution < 1.29 is 17.5 Å². The van der Waals surface area contributed by atoms with Crippen LogP contribution in [0.1, 0.15) is 136 Å². The Morgan fingerprint density at radius 1 is 0.467 bits per heavy atom. The smallest absolute Gasteiger partial charge is 0.303 e. The summed E-state index contributed by atoms with van der Waals surface area (Å²) in [4.78, 5) is 2.79. The number of rotatable bonds is 21. The van der Waals surface area contributed by atoms with E-state index in [1.54, 1.807) is 0 Å². The van der Waals surface area contributed by atoms with Crippen LogP contribution in [0.5, 0.6) is 0 Å². The van der Waals surface area contributed by atoms with Crippen molar-refractivity contribution in [3.05, 3.63) is 0 Å². The standard InChI is InChI=1S/C24H51N.H2O4S/c1-4-7-10-13-16-19-22-25(23-20-17-14-11-8-5-2)24-21-18-15-12-9-6-3;1-5(2,3)4/h4-24H2,1-3H3;(H2,1,2,3,4). The zero-order valence-electron chi connectivity index (χ0n) is 20.4. The number of unbranched alkanes of at least 4 members (excludes halogenated alkanes) is 15. The lowest BCUT2D eigenvalue weighted by molar-refractivity contribution is 0.254. The number of hydrogen-bond acceptors (Lipinski definition) is 3. The van der Waals surface area contributed by atoms with Gasteiger partial charge in [-0.2, -0.15) is 8.42 Å². The Hall–Kier alpha value is -0.170. The molecule has 184 valence electrons. The average Bonchev–Trinajstić information content (AvgIpc) is 2.68. The van der Waals surface area contributed by atoms with Crippen molar-refractivity contribution in [1.82, 2.24) is 4.90 Å². The third kappa shape index (κ3) is 35.3. The maximum atomic E-state index is 8.74. The van der Waals surface area contributed by atoms with Crippen molar-refractivity contribution in [2.24, 2.45) is 0 Å². The number of nitrogens with zero attached hydrogens (tertiary/aromatic N) is 1. The molecule has 0 unspecified atom stereocenters. The highest BCUT2D eigenvalue weighted by molar-refractivity contribution is 7.79. The van der Waals surface area contributed by atoms with Gasteiger partial charge in [-0.15, -0.1) is 0 Å². The van der Waals surface area contributed by atoms with Gasteiger partial charge in [-0.3, -0.25) is 9.11 Å². The second-order valence-electron chi connectivity index (χ2n) is 8.59. The molecule has 0 aliphatic carbocycles. The lowest BCUT2D eigenvalue weighted by Gasteiger charge is -2.22.